The number of rotatable bonds is 16. The molecule has 0 unspecified atom stereocenters. The van der Waals surface area contributed by atoms with Gasteiger partial charge in [0.1, 0.15) is 5.82 Å². The number of nitrogens with two attached hydrogens (primary N) is 1. The monoisotopic (exact) mass is 321 g/mol. The fraction of sp³-hybridized carbons (Fsp3) is 0.850. The summed E-state index contributed by atoms with van der Waals surface area (Å²) in [5.41, 5.74) is 0. The fourth-order valence-electron chi connectivity index (χ4n) is 3.19. The Balaban J connectivity index is 1.72. The van der Waals surface area contributed by atoms with E-state index in [-0.39, 0.29) is 0 Å². The summed E-state index contributed by atoms with van der Waals surface area (Å²) >= 11 is 0. The van der Waals surface area contributed by atoms with Crippen LogP contribution in [0.5, 0.6) is 0 Å². The molecule has 0 aliphatic heterocycles. The third kappa shape index (κ3) is 11.2. The summed E-state index contributed by atoms with van der Waals surface area (Å²) in [7, 11) is 0. The average Bonchev–Trinajstić information content (AvgIpc) is 2.96. The van der Waals surface area contributed by atoms with Gasteiger partial charge in [-0.25, -0.2) is 4.98 Å². The fourth-order valence-corrected chi connectivity index (χ4v) is 3.19. The van der Waals surface area contributed by atoms with E-state index in [4.69, 9.17) is 5.84 Å². The van der Waals surface area contributed by atoms with Crippen molar-refractivity contribution in [3.05, 3.63) is 18.2 Å². The van der Waals surface area contributed by atoms with Crippen molar-refractivity contribution in [3.63, 3.8) is 0 Å². The van der Waals surface area contributed by atoms with Crippen LogP contribution in [0.15, 0.2) is 12.4 Å². The van der Waals surface area contributed by atoms with E-state index in [1.54, 1.807) is 10.9 Å². The van der Waals surface area contributed by atoms with Crippen LogP contribution in [0.25, 0.3) is 0 Å². The van der Waals surface area contributed by atoms with Gasteiger partial charge >= 0.3 is 0 Å². The van der Waals surface area contributed by atoms with Crippen LogP contribution in [0.2, 0.25) is 0 Å². The van der Waals surface area contributed by atoms with Gasteiger partial charge in [-0.1, -0.05) is 96.8 Å². The molecule has 3 nitrogen and oxygen atoms in total. The molecule has 0 amide bonds. The molecule has 3 heteroatoms. The van der Waals surface area contributed by atoms with Crippen molar-refractivity contribution in [1.29, 1.82) is 0 Å². The molecule has 2 N–H and O–H groups in total. The molecule has 0 fully saturated rings. The lowest BCUT2D eigenvalue weighted by Gasteiger charge is -2.04. The third-order valence-electron chi connectivity index (χ3n) is 4.75. The Hall–Kier alpha value is -0.990. The number of unbranched alkanes of at least 4 members (excludes halogenated alkanes) is 14. The quantitative estimate of drug-likeness (QED) is 0.299. The SMILES string of the molecule is CCCCCCCCCCCCCCCCCc1nccn1N. The number of hydrogen-bond acceptors (Lipinski definition) is 2. The van der Waals surface area contributed by atoms with E-state index in [9.17, 15) is 0 Å². The first-order chi connectivity index (χ1) is 11.3. The summed E-state index contributed by atoms with van der Waals surface area (Å²) in [6.45, 7) is 2.29. The molecule has 0 aromatic carbocycles. The molecule has 0 bridgehead atoms. The Labute approximate surface area is 144 Å². The lowest BCUT2D eigenvalue weighted by molar-refractivity contribution is 0.531. The molecule has 134 valence electrons. The molecule has 0 saturated heterocycles. The smallest absolute Gasteiger partial charge is 0.127 e. The van der Waals surface area contributed by atoms with Crippen LogP contribution in [0.3, 0.4) is 0 Å². The van der Waals surface area contributed by atoms with Crippen LogP contribution in [0.4, 0.5) is 0 Å². The first-order valence-corrected chi connectivity index (χ1v) is 10.1. The highest BCUT2D eigenvalue weighted by Gasteiger charge is 1.99. The van der Waals surface area contributed by atoms with Crippen molar-refractivity contribution >= 4 is 0 Å². The van der Waals surface area contributed by atoms with Crippen molar-refractivity contribution < 1.29 is 0 Å². The predicted molar refractivity (Wildman–Crippen MR) is 101 cm³/mol. The molecule has 0 radical (unpaired) electrons. The Morgan fingerprint density at radius 1 is 0.739 bits per heavy atom. The number of aromatic nitrogens is 2. The van der Waals surface area contributed by atoms with E-state index in [0.29, 0.717) is 0 Å². The van der Waals surface area contributed by atoms with Crippen molar-refractivity contribution in [1.82, 2.24) is 9.66 Å². The van der Waals surface area contributed by atoms with Crippen LogP contribution in [-0.4, -0.2) is 9.66 Å². The maximum Gasteiger partial charge on any atom is 0.127 e. The summed E-state index contributed by atoms with van der Waals surface area (Å²) in [5, 5.41) is 0. The zero-order chi connectivity index (χ0) is 16.6. The van der Waals surface area contributed by atoms with Gasteiger partial charge in [-0.15, -0.1) is 0 Å². The van der Waals surface area contributed by atoms with Crippen LogP contribution >= 0.6 is 0 Å². The molecule has 1 aromatic rings. The minimum atomic E-state index is 1.01. The second kappa shape index (κ2) is 14.6. The Bertz CT molecular complexity index is 360. The van der Waals surface area contributed by atoms with Gasteiger partial charge in [0, 0.05) is 18.8 Å². The second-order valence-electron chi connectivity index (χ2n) is 6.95. The number of nitrogens with zero attached hydrogens (tertiary/aromatic N) is 2. The van der Waals surface area contributed by atoms with Crippen molar-refractivity contribution in [2.75, 3.05) is 5.84 Å². The molecule has 0 saturated carbocycles. The highest BCUT2D eigenvalue weighted by atomic mass is 15.3. The first-order valence-electron chi connectivity index (χ1n) is 10.1. The van der Waals surface area contributed by atoms with E-state index in [1.165, 1.54) is 96.3 Å². The highest BCUT2D eigenvalue weighted by molar-refractivity contribution is 4.91. The lowest BCUT2D eigenvalue weighted by Crippen LogP contribution is -2.11. The normalized spacial score (nSPS) is 11.2. The molecule has 0 atom stereocenters. The maximum atomic E-state index is 5.76. The summed E-state index contributed by atoms with van der Waals surface area (Å²) in [6.07, 6.45) is 25.7. The first kappa shape index (κ1) is 20.1. The Morgan fingerprint density at radius 2 is 1.17 bits per heavy atom. The molecular weight excluding hydrogens is 282 g/mol. The number of aryl methyl sites for hydroxylation is 1. The van der Waals surface area contributed by atoms with E-state index >= 15 is 0 Å². The van der Waals surface area contributed by atoms with Crippen molar-refractivity contribution in [2.24, 2.45) is 0 Å². The average molecular weight is 322 g/mol. The molecule has 1 aromatic heterocycles. The molecular formula is C20H39N3. The molecule has 1 rings (SSSR count). The highest BCUT2D eigenvalue weighted by Crippen LogP contribution is 2.13. The van der Waals surface area contributed by atoms with Crippen LogP contribution in [0, 0.1) is 0 Å². The lowest BCUT2D eigenvalue weighted by atomic mass is 10.0. The maximum absolute atomic E-state index is 5.76. The summed E-state index contributed by atoms with van der Waals surface area (Å²) in [4.78, 5) is 4.26. The largest absolute Gasteiger partial charge is 0.338 e. The summed E-state index contributed by atoms with van der Waals surface area (Å²) in [6, 6.07) is 0. The molecule has 0 aliphatic rings. The van der Waals surface area contributed by atoms with Crippen LogP contribution in [0.1, 0.15) is 109 Å². The zero-order valence-electron chi connectivity index (χ0n) is 15.4. The van der Waals surface area contributed by atoms with Gasteiger partial charge < -0.3 is 5.84 Å². The molecule has 0 aliphatic carbocycles. The topological polar surface area (TPSA) is 43.8 Å². The molecule has 0 spiro atoms. The van der Waals surface area contributed by atoms with Crippen LogP contribution in [-0.2, 0) is 6.42 Å². The predicted octanol–water partition coefficient (Wildman–Crippen LogP) is 6.01. The number of imidazole rings is 1. The number of hydrogen-bond donors (Lipinski definition) is 1. The van der Waals surface area contributed by atoms with Gasteiger partial charge in [0.05, 0.1) is 0 Å². The second-order valence-corrected chi connectivity index (χ2v) is 6.95. The van der Waals surface area contributed by atoms with E-state index in [0.717, 1.165) is 12.2 Å². The van der Waals surface area contributed by atoms with Gasteiger partial charge in [-0.05, 0) is 6.42 Å². The van der Waals surface area contributed by atoms with E-state index < -0.39 is 0 Å². The van der Waals surface area contributed by atoms with Gasteiger partial charge in [0.15, 0.2) is 0 Å². The number of nitrogen functional groups attached to an aromatic ring is 1. The van der Waals surface area contributed by atoms with Crippen molar-refractivity contribution in [2.45, 2.75) is 110 Å². The minimum absolute atomic E-state index is 1.01. The van der Waals surface area contributed by atoms with E-state index in [2.05, 4.69) is 11.9 Å². The van der Waals surface area contributed by atoms with Gasteiger partial charge in [0.25, 0.3) is 0 Å². The van der Waals surface area contributed by atoms with Gasteiger partial charge in [-0.3, -0.25) is 4.68 Å². The van der Waals surface area contributed by atoms with Gasteiger partial charge in [-0.2, -0.15) is 0 Å². The third-order valence-corrected chi connectivity index (χ3v) is 4.75. The zero-order valence-corrected chi connectivity index (χ0v) is 15.4. The Morgan fingerprint density at radius 3 is 1.57 bits per heavy atom. The van der Waals surface area contributed by atoms with Crippen molar-refractivity contribution in [3.8, 4) is 0 Å². The molecule has 1 heterocycles. The standard InChI is InChI=1S/C20H39N3/c1-2-3-4-5-6-7-8-9-10-11-12-13-14-15-16-17-20-22-18-19-23(20)21/h18-19H,2-17,21H2,1H3. The Kier molecular flexibility index (Phi) is 12.7. The van der Waals surface area contributed by atoms with Gasteiger partial charge in [0.2, 0.25) is 0 Å². The molecule has 23 heavy (non-hydrogen) atoms. The summed E-state index contributed by atoms with van der Waals surface area (Å²) < 4.78 is 1.64. The van der Waals surface area contributed by atoms with E-state index in [1.807, 2.05) is 6.20 Å². The van der Waals surface area contributed by atoms with Crippen LogP contribution < -0.4 is 5.84 Å². The summed E-state index contributed by atoms with van der Waals surface area (Å²) in [5.74, 6) is 6.77. The minimum Gasteiger partial charge on any atom is -0.338 e.